The van der Waals surface area contributed by atoms with Gasteiger partial charge in [0.05, 0.1) is 18.7 Å². The lowest BCUT2D eigenvalue weighted by Crippen LogP contribution is -2.50. The summed E-state index contributed by atoms with van der Waals surface area (Å²) in [6.07, 6.45) is 2.05. The number of carboxylic acid groups (broad SMARTS) is 1. The summed E-state index contributed by atoms with van der Waals surface area (Å²) < 4.78 is 5.27. The molecule has 1 heterocycles. The monoisotopic (exact) mass is 214 g/mol. The predicted molar refractivity (Wildman–Crippen MR) is 55.3 cm³/mol. The third-order valence-electron chi connectivity index (χ3n) is 2.76. The van der Waals surface area contributed by atoms with Crippen LogP contribution in [0.2, 0.25) is 0 Å². The quantitative estimate of drug-likeness (QED) is 0.664. The topological polar surface area (TPSA) is 52.6 Å². The van der Waals surface area contributed by atoms with Gasteiger partial charge in [0.1, 0.15) is 0 Å². The van der Waals surface area contributed by atoms with Crippen LogP contribution in [0.3, 0.4) is 0 Å². The van der Waals surface area contributed by atoms with E-state index >= 15 is 0 Å². The number of nitrogens with zero attached hydrogens (tertiary/aromatic N) is 1. The maximum Gasteiger partial charge on any atom is 0.0865 e. The first-order chi connectivity index (χ1) is 6.89. The Balaban J connectivity index is 2.39. The van der Waals surface area contributed by atoms with Gasteiger partial charge in [0.15, 0.2) is 0 Å². The van der Waals surface area contributed by atoms with E-state index in [1.807, 2.05) is 0 Å². The molecule has 0 saturated carbocycles. The smallest absolute Gasteiger partial charge is 0.0865 e. The molecule has 0 aromatic heterocycles. The molecule has 0 bridgehead atoms. The molecular weight excluding hydrogens is 194 g/mol. The molecule has 1 atom stereocenters. The van der Waals surface area contributed by atoms with Gasteiger partial charge in [-0.15, -0.1) is 0 Å². The van der Waals surface area contributed by atoms with Crippen molar-refractivity contribution in [2.24, 2.45) is 0 Å². The maximum absolute atomic E-state index is 10.3. The van der Waals surface area contributed by atoms with Gasteiger partial charge >= 0.3 is 0 Å². The molecule has 0 aromatic rings. The maximum atomic E-state index is 10.3. The Kier molecular flexibility index (Phi) is 4.11. The van der Waals surface area contributed by atoms with E-state index in [1.54, 1.807) is 0 Å². The molecule has 0 amide bonds. The number of rotatable bonds is 3. The van der Waals surface area contributed by atoms with Crippen LogP contribution in [0.25, 0.3) is 0 Å². The first-order valence-corrected chi connectivity index (χ1v) is 5.46. The van der Waals surface area contributed by atoms with Gasteiger partial charge < -0.3 is 14.6 Å². The summed E-state index contributed by atoms with van der Waals surface area (Å²) in [5, 5.41) is 10.3. The fraction of sp³-hybridized carbons (Fsp3) is 0.909. The molecule has 88 valence electrons. The minimum absolute atomic E-state index is 0.0378. The number of carbonyl (C=O) groups is 1. The summed E-state index contributed by atoms with van der Waals surface area (Å²) in [5.41, 5.74) is 0.128. The summed E-state index contributed by atoms with van der Waals surface area (Å²) >= 11 is 0. The van der Waals surface area contributed by atoms with Gasteiger partial charge in [-0.25, -0.2) is 0 Å². The molecule has 1 unspecified atom stereocenters. The number of hydrogen-bond donors (Lipinski definition) is 0. The van der Waals surface area contributed by atoms with Crippen LogP contribution in [0.15, 0.2) is 0 Å². The highest BCUT2D eigenvalue weighted by molar-refractivity contribution is 5.65. The van der Waals surface area contributed by atoms with Crippen LogP contribution in [-0.4, -0.2) is 42.2 Å². The summed E-state index contributed by atoms with van der Waals surface area (Å²) in [7, 11) is 0. The molecule has 0 radical (unpaired) electrons. The fourth-order valence-electron chi connectivity index (χ4n) is 1.87. The van der Waals surface area contributed by atoms with Crippen LogP contribution in [0.4, 0.5) is 0 Å². The molecule has 1 aliphatic rings. The van der Waals surface area contributed by atoms with Crippen molar-refractivity contribution < 1.29 is 14.6 Å². The first-order valence-electron chi connectivity index (χ1n) is 5.46. The van der Waals surface area contributed by atoms with Gasteiger partial charge in [0.2, 0.25) is 0 Å². The number of aliphatic carboxylic acids is 1. The molecule has 1 aliphatic heterocycles. The minimum Gasteiger partial charge on any atom is -0.548 e. The normalized spacial score (nSPS) is 24.1. The van der Waals surface area contributed by atoms with Crippen molar-refractivity contribution in [1.29, 1.82) is 0 Å². The highest BCUT2D eigenvalue weighted by atomic mass is 16.5. The summed E-state index contributed by atoms with van der Waals surface area (Å²) in [6, 6.07) is 0. The van der Waals surface area contributed by atoms with Gasteiger partial charge in [0, 0.05) is 12.1 Å². The van der Waals surface area contributed by atoms with Gasteiger partial charge in [-0.3, -0.25) is 4.90 Å². The molecular formula is C11H20NO3-. The Morgan fingerprint density at radius 3 is 2.73 bits per heavy atom. The van der Waals surface area contributed by atoms with Crippen molar-refractivity contribution >= 4 is 5.97 Å². The Bertz CT molecular complexity index is 222. The van der Waals surface area contributed by atoms with Crippen molar-refractivity contribution in [3.63, 3.8) is 0 Å². The lowest BCUT2D eigenvalue weighted by atomic mass is 9.99. The van der Waals surface area contributed by atoms with Crippen LogP contribution < -0.4 is 5.11 Å². The minimum atomic E-state index is -1.14. The van der Waals surface area contributed by atoms with Gasteiger partial charge in [-0.05, 0) is 40.2 Å². The Morgan fingerprint density at radius 2 is 2.20 bits per heavy atom. The van der Waals surface area contributed by atoms with Crippen LogP contribution in [0.5, 0.6) is 0 Å². The average molecular weight is 214 g/mol. The number of ether oxygens (including phenoxy) is 1. The van der Waals surface area contributed by atoms with E-state index in [0.29, 0.717) is 0 Å². The Morgan fingerprint density at radius 1 is 1.53 bits per heavy atom. The molecule has 15 heavy (non-hydrogen) atoms. The van der Waals surface area contributed by atoms with Crippen molar-refractivity contribution in [2.45, 2.75) is 45.3 Å². The zero-order chi connectivity index (χ0) is 11.5. The van der Waals surface area contributed by atoms with Crippen LogP contribution in [0, 0.1) is 0 Å². The lowest BCUT2D eigenvalue weighted by molar-refractivity contribution is -0.310. The molecule has 4 heteroatoms. The van der Waals surface area contributed by atoms with Crippen LogP contribution in [-0.2, 0) is 9.53 Å². The largest absolute Gasteiger partial charge is 0.548 e. The van der Waals surface area contributed by atoms with Gasteiger partial charge in [0.25, 0.3) is 0 Å². The second-order valence-electron chi connectivity index (χ2n) is 5.06. The molecule has 1 fully saturated rings. The second-order valence-corrected chi connectivity index (χ2v) is 5.06. The molecule has 0 aromatic carbocycles. The van der Waals surface area contributed by atoms with E-state index in [4.69, 9.17) is 4.74 Å². The van der Waals surface area contributed by atoms with Crippen LogP contribution in [0.1, 0.15) is 33.6 Å². The lowest BCUT2D eigenvalue weighted by Gasteiger charge is -2.41. The number of carbonyl (C=O) groups excluding carboxylic acids is 1. The average Bonchev–Trinajstić information content (AvgIpc) is 2.14. The molecule has 0 aliphatic carbocycles. The van der Waals surface area contributed by atoms with E-state index in [0.717, 1.165) is 25.9 Å². The summed E-state index contributed by atoms with van der Waals surface area (Å²) in [6.45, 7) is 8.07. The molecule has 4 nitrogen and oxygen atoms in total. The third-order valence-corrected chi connectivity index (χ3v) is 2.76. The standard InChI is InChI=1S/C11H21NO3/c1-11(2,3)12-6-4-5-9(7-12)15-8-10(13)14/h9H,4-8H2,1-3H3,(H,13,14)/p-1. The third kappa shape index (κ3) is 4.18. The highest BCUT2D eigenvalue weighted by Crippen LogP contribution is 2.21. The molecule has 1 rings (SSSR count). The van der Waals surface area contributed by atoms with Crippen molar-refractivity contribution in [3.8, 4) is 0 Å². The fourth-order valence-corrected chi connectivity index (χ4v) is 1.87. The molecule has 0 N–H and O–H groups in total. The van der Waals surface area contributed by atoms with Crippen molar-refractivity contribution in [3.05, 3.63) is 0 Å². The van der Waals surface area contributed by atoms with E-state index in [9.17, 15) is 9.90 Å². The van der Waals surface area contributed by atoms with Gasteiger partial charge in [-0.1, -0.05) is 0 Å². The Hall–Kier alpha value is -0.610. The number of hydrogen-bond acceptors (Lipinski definition) is 4. The van der Waals surface area contributed by atoms with E-state index in [1.165, 1.54) is 0 Å². The molecule has 1 saturated heterocycles. The van der Waals surface area contributed by atoms with E-state index in [-0.39, 0.29) is 18.2 Å². The van der Waals surface area contributed by atoms with Crippen molar-refractivity contribution in [2.75, 3.05) is 19.7 Å². The second kappa shape index (κ2) is 4.94. The SMILES string of the molecule is CC(C)(C)N1CCCC(OCC(=O)[O-])C1. The number of likely N-dealkylation sites (tertiary alicyclic amines) is 1. The predicted octanol–water partition coefficient (Wildman–Crippen LogP) is 0.0158. The van der Waals surface area contributed by atoms with E-state index < -0.39 is 5.97 Å². The molecule has 0 spiro atoms. The van der Waals surface area contributed by atoms with E-state index in [2.05, 4.69) is 25.7 Å². The highest BCUT2D eigenvalue weighted by Gasteiger charge is 2.27. The van der Waals surface area contributed by atoms with Crippen LogP contribution >= 0.6 is 0 Å². The zero-order valence-electron chi connectivity index (χ0n) is 9.78. The van der Waals surface area contributed by atoms with Crippen molar-refractivity contribution in [1.82, 2.24) is 4.90 Å². The number of carboxylic acids is 1. The first kappa shape index (κ1) is 12.5. The number of piperidine rings is 1. The zero-order valence-corrected chi connectivity index (χ0v) is 9.78. The van der Waals surface area contributed by atoms with Gasteiger partial charge in [-0.2, -0.15) is 0 Å². The summed E-state index contributed by atoms with van der Waals surface area (Å²) in [5.74, 6) is -1.14. The Labute approximate surface area is 91.2 Å². The summed E-state index contributed by atoms with van der Waals surface area (Å²) in [4.78, 5) is 12.6.